The van der Waals surface area contributed by atoms with E-state index >= 15 is 0 Å². The molecule has 2 saturated carbocycles. The summed E-state index contributed by atoms with van der Waals surface area (Å²) in [4.78, 5) is 24.8. The largest absolute Gasteiger partial charge is 0.459 e. The maximum absolute atomic E-state index is 12.6. The van der Waals surface area contributed by atoms with Gasteiger partial charge >= 0.3 is 11.9 Å². The van der Waals surface area contributed by atoms with Gasteiger partial charge in [0.1, 0.15) is 12.2 Å². The molecule has 2 N–H and O–H groups in total. The first-order valence-corrected chi connectivity index (χ1v) is 8.85. The highest BCUT2D eigenvalue weighted by molar-refractivity contribution is 5.87. The molecule has 136 valence electrons. The summed E-state index contributed by atoms with van der Waals surface area (Å²) in [7, 11) is 0. The molecule has 9 unspecified atom stereocenters. The summed E-state index contributed by atoms with van der Waals surface area (Å²) in [5.41, 5.74) is -1.92. The van der Waals surface area contributed by atoms with Crippen LogP contribution in [0.25, 0.3) is 0 Å². The normalized spacial score (nSPS) is 56.7. The Morgan fingerprint density at radius 1 is 1.28 bits per heavy atom. The predicted molar refractivity (Wildman–Crippen MR) is 82.1 cm³/mol. The van der Waals surface area contributed by atoms with E-state index < -0.39 is 52.9 Å². The monoisotopic (exact) mass is 350 g/mol. The molecule has 4 fully saturated rings. The van der Waals surface area contributed by atoms with Crippen LogP contribution < -0.4 is 0 Å². The molecule has 5 aliphatic rings. The number of hydrogen-bond donors (Lipinski definition) is 2. The van der Waals surface area contributed by atoms with E-state index in [1.54, 1.807) is 6.92 Å². The smallest absolute Gasteiger partial charge is 0.331 e. The Morgan fingerprint density at radius 2 is 2.00 bits per heavy atom. The highest BCUT2D eigenvalue weighted by Crippen LogP contribution is 2.72. The predicted octanol–water partition coefficient (Wildman–Crippen LogP) is 0.0791. The Hall–Kier alpha value is -1.44. The number of fused-ring (bicyclic) bond motifs is 2. The molecular weight excluding hydrogens is 328 g/mol. The molecule has 5 rings (SSSR count). The number of rotatable bonds is 1. The van der Waals surface area contributed by atoms with Crippen molar-refractivity contribution in [3.8, 4) is 0 Å². The number of hydrogen-bond acceptors (Lipinski definition) is 7. The van der Waals surface area contributed by atoms with Crippen molar-refractivity contribution in [1.82, 2.24) is 0 Å². The van der Waals surface area contributed by atoms with E-state index in [-0.39, 0.29) is 11.9 Å². The lowest BCUT2D eigenvalue weighted by atomic mass is 9.46. The molecule has 25 heavy (non-hydrogen) atoms. The summed E-state index contributed by atoms with van der Waals surface area (Å²) in [6.45, 7) is 5.32. The van der Waals surface area contributed by atoms with E-state index in [2.05, 4.69) is 0 Å². The number of ether oxygens (including phenoxy) is 3. The van der Waals surface area contributed by atoms with Crippen molar-refractivity contribution in [2.24, 2.45) is 16.7 Å². The Morgan fingerprint density at radius 3 is 2.68 bits per heavy atom. The number of cyclic esters (lactones) is 1. The van der Waals surface area contributed by atoms with Crippen LogP contribution in [0.5, 0.6) is 0 Å². The third-order valence-corrected chi connectivity index (χ3v) is 7.35. The van der Waals surface area contributed by atoms with Gasteiger partial charge in [-0.3, -0.25) is 4.79 Å². The van der Waals surface area contributed by atoms with Gasteiger partial charge in [-0.05, 0) is 32.3 Å². The summed E-state index contributed by atoms with van der Waals surface area (Å²) in [6.07, 6.45) is -1.12. The van der Waals surface area contributed by atoms with Gasteiger partial charge in [0.25, 0.3) is 0 Å². The zero-order chi connectivity index (χ0) is 17.9. The minimum Gasteiger partial charge on any atom is -0.459 e. The number of esters is 2. The van der Waals surface area contributed by atoms with Crippen LogP contribution in [0.4, 0.5) is 0 Å². The van der Waals surface area contributed by atoms with Crippen molar-refractivity contribution >= 4 is 11.9 Å². The minimum atomic E-state index is -1.01. The maximum atomic E-state index is 12.6. The van der Waals surface area contributed by atoms with Gasteiger partial charge in [-0.2, -0.15) is 0 Å². The molecule has 2 saturated heterocycles. The Kier molecular flexibility index (Phi) is 2.70. The summed E-state index contributed by atoms with van der Waals surface area (Å²) < 4.78 is 17.1. The Balaban J connectivity index is 1.75. The van der Waals surface area contributed by atoms with Gasteiger partial charge in [-0.1, -0.05) is 6.92 Å². The van der Waals surface area contributed by atoms with Gasteiger partial charge in [0.05, 0.1) is 17.6 Å². The number of epoxide rings is 1. The van der Waals surface area contributed by atoms with Crippen molar-refractivity contribution < 1.29 is 34.0 Å². The van der Waals surface area contributed by atoms with Crippen molar-refractivity contribution in [1.29, 1.82) is 0 Å². The molecule has 0 radical (unpaired) electrons. The van der Waals surface area contributed by atoms with Crippen LogP contribution in [0.3, 0.4) is 0 Å². The van der Waals surface area contributed by atoms with Crippen molar-refractivity contribution in [3.63, 3.8) is 0 Å². The maximum Gasteiger partial charge on any atom is 0.331 e. The van der Waals surface area contributed by atoms with Crippen molar-refractivity contribution in [3.05, 3.63) is 11.6 Å². The SMILES string of the molecule is CC(O)C1OC(=O)C=C2C3(C)C(O)CCC4(C)C(=O)OC(C43)C3OC213. The van der Waals surface area contributed by atoms with E-state index in [0.717, 1.165) is 0 Å². The fraction of sp³-hybridized carbons (Fsp3) is 0.778. The van der Waals surface area contributed by atoms with Gasteiger partial charge in [0.15, 0.2) is 11.7 Å². The van der Waals surface area contributed by atoms with Crippen LogP contribution in [-0.4, -0.2) is 58.3 Å². The fourth-order valence-electron chi connectivity index (χ4n) is 6.20. The molecule has 7 nitrogen and oxygen atoms in total. The van der Waals surface area contributed by atoms with Crippen LogP contribution in [0.2, 0.25) is 0 Å². The lowest BCUT2D eigenvalue weighted by Gasteiger charge is -2.56. The molecule has 0 aromatic heterocycles. The molecule has 2 aliphatic carbocycles. The number of aliphatic hydroxyl groups excluding tert-OH is 2. The average Bonchev–Trinajstić information content (AvgIpc) is 3.21. The minimum absolute atomic E-state index is 0.272. The topological polar surface area (TPSA) is 106 Å². The molecule has 9 atom stereocenters. The number of aliphatic hydroxyl groups is 2. The first-order chi connectivity index (χ1) is 11.7. The lowest BCUT2D eigenvalue weighted by Crippen LogP contribution is -2.64. The van der Waals surface area contributed by atoms with Gasteiger partial charge in [0.2, 0.25) is 0 Å². The van der Waals surface area contributed by atoms with Crippen LogP contribution in [0, 0.1) is 16.7 Å². The van der Waals surface area contributed by atoms with Crippen molar-refractivity contribution in [2.45, 2.75) is 69.7 Å². The van der Waals surface area contributed by atoms with Gasteiger partial charge < -0.3 is 24.4 Å². The Labute approximate surface area is 144 Å². The van der Waals surface area contributed by atoms with Crippen LogP contribution >= 0.6 is 0 Å². The lowest BCUT2D eigenvalue weighted by molar-refractivity contribution is -0.161. The summed E-state index contributed by atoms with van der Waals surface area (Å²) in [5.74, 6) is -1.10. The highest BCUT2D eigenvalue weighted by atomic mass is 16.7. The van der Waals surface area contributed by atoms with E-state index in [4.69, 9.17) is 14.2 Å². The molecule has 0 aromatic rings. The molecule has 3 heterocycles. The molecule has 0 aromatic carbocycles. The summed E-state index contributed by atoms with van der Waals surface area (Å²) in [5, 5.41) is 21.1. The number of carbonyl (C=O) groups excluding carboxylic acids is 2. The van der Waals surface area contributed by atoms with E-state index in [1.807, 2.05) is 13.8 Å². The molecule has 1 spiro atoms. The molecule has 3 aliphatic heterocycles. The zero-order valence-electron chi connectivity index (χ0n) is 14.4. The number of carbonyl (C=O) groups is 2. The van der Waals surface area contributed by atoms with E-state index in [0.29, 0.717) is 18.4 Å². The second-order valence-corrected chi connectivity index (χ2v) is 8.59. The summed E-state index contributed by atoms with van der Waals surface area (Å²) in [6, 6.07) is 0. The van der Waals surface area contributed by atoms with Crippen molar-refractivity contribution in [2.75, 3.05) is 0 Å². The van der Waals surface area contributed by atoms with E-state index in [9.17, 15) is 19.8 Å². The van der Waals surface area contributed by atoms with Crippen LogP contribution in [-0.2, 0) is 23.8 Å². The molecular formula is C18H22O7. The van der Waals surface area contributed by atoms with Crippen LogP contribution in [0.1, 0.15) is 33.6 Å². The van der Waals surface area contributed by atoms with Gasteiger partial charge in [0, 0.05) is 17.4 Å². The summed E-state index contributed by atoms with van der Waals surface area (Å²) >= 11 is 0. The highest BCUT2D eigenvalue weighted by Gasteiger charge is 2.84. The van der Waals surface area contributed by atoms with Crippen LogP contribution in [0.15, 0.2) is 11.6 Å². The van der Waals surface area contributed by atoms with Gasteiger partial charge in [-0.25, -0.2) is 4.79 Å². The zero-order valence-corrected chi connectivity index (χ0v) is 14.4. The standard InChI is InChI=1S/C18H22O7/c1-7(19)13-18-8(6-10(21)23-13)17(3)9(20)4-5-16(2)12(17)11(14(18)25-18)24-15(16)22/h6-7,9,11-14,19-20H,4-5H2,1-3H3. The van der Waals surface area contributed by atoms with E-state index in [1.165, 1.54) is 6.08 Å². The second-order valence-electron chi connectivity index (χ2n) is 8.59. The molecule has 0 bridgehead atoms. The average molecular weight is 350 g/mol. The van der Waals surface area contributed by atoms with Gasteiger partial charge in [-0.15, -0.1) is 0 Å². The molecule has 7 heteroatoms. The third-order valence-electron chi connectivity index (χ3n) is 7.35. The second kappa shape index (κ2) is 4.27. The third kappa shape index (κ3) is 1.51. The molecule has 0 amide bonds. The first-order valence-electron chi connectivity index (χ1n) is 8.85. The Bertz CT molecular complexity index is 729. The fourth-order valence-corrected chi connectivity index (χ4v) is 6.20. The first kappa shape index (κ1) is 15.8. The quantitative estimate of drug-likeness (QED) is 0.509.